The Morgan fingerprint density at radius 2 is 2.05 bits per heavy atom. The van der Waals surface area contributed by atoms with Gasteiger partial charge in [0.05, 0.1) is 11.9 Å². The van der Waals surface area contributed by atoms with Crippen LogP contribution in [0.2, 0.25) is 0 Å². The first-order valence-corrected chi connectivity index (χ1v) is 6.19. The highest BCUT2D eigenvalue weighted by Crippen LogP contribution is 2.23. The third-order valence-electron chi connectivity index (χ3n) is 2.69. The van der Waals surface area contributed by atoms with Crippen LogP contribution in [0.3, 0.4) is 0 Å². The van der Waals surface area contributed by atoms with Crippen molar-refractivity contribution in [3.63, 3.8) is 0 Å². The van der Waals surface area contributed by atoms with Gasteiger partial charge in [-0.3, -0.25) is 10.4 Å². The number of aromatic nitrogens is 1. The van der Waals surface area contributed by atoms with E-state index in [1.165, 1.54) is 0 Å². The van der Waals surface area contributed by atoms with E-state index in [9.17, 15) is 0 Å². The highest BCUT2D eigenvalue weighted by atomic mass is 32.1. The molecule has 0 aliphatic carbocycles. The molecule has 0 aliphatic heterocycles. The van der Waals surface area contributed by atoms with Gasteiger partial charge < -0.3 is 5.73 Å². The van der Waals surface area contributed by atoms with Crippen LogP contribution in [0, 0.1) is 6.92 Å². The zero-order valence-corrected chi connectivity index (χ0v) is 11.3. The fraction of sp³-hybridized carbons (Fsp3) is 0.0714. The van der Waals surface area contributed by atoms with E-state index < -0.39 is 0 Å². The molecule has 4 nitrogen and oxygen atoms in total. The molecule has 0 fully saturated rings. The maximum absolute atomic E-state index is 5.30. The van der Waals surface area contributed by atoms with Crippen LogP contribution in [-0.4, -0.2) is 16.3 Å². The molecule has 19 heavy (non-hydrogen) atoms. The molecule has 0 bridgehead atoms. The lowest BCUT2D eigenvalue weighted by molar-refractivity contribution is 1.04. The summed E-state index contributed by atoms with van der Waals surface area (Å²) in [4.78, 5) is 4.29. The zero-order chi connectivity index (χ0) is 13.7. The molecule has 1 aromatic heterocycles. The third-order valence-corrected chi connectivity index (χ3v) is 2.78. The second-order valence-electron chi connectivity index (χ2n) is 3.97. The van der Waals surface area contributed by atoms with E-state index in [2.05, 4.69) is 39.9 Å². The molecule has 0 radical (unpaired) electrons. The van der Waals surface area contributed by atoms with Crippen molar-refractivity contribution in [3.05, 3.63) is 53.9 Å². The highest BCUT2D eigenvalue weighted by molar-refractivity contribution is 7.80. The minimum atomic E-state index is 0.133. The van der Waals surface area contributed by atoms with Crippen LogP contribution in [0.5, 0.6) is 0 Å². The van der Waals surface area contributed by atoms with Crippen molar-refractivity contribution in [1.29, 1.82) is 0 Å². The largest absolute Gasteiger partial charge is 0.375 e. The van der Waals surface area contributed by atoms with E-state index in [-0.39, 0.29) is 5.11 Å². The summed E-state index contributed by atoms with van der Waals surface area (Å²) >= 11 is 4.68. The lowest BCUT2D eigenvalue weighted by atomic mass is 10.0. The van der Waals surface area contributed by atoms with E-state index in [0.717, 1.165) is 22.4 Å². The van der Waals surface area contributed by atoms with Crippen LogP contribution in [-0.2, 0) is 0 Å². The Bertz CT molecular complexity index is 608. The normalized spacial score (nSPS) is 10.6. The Hall–Kier alpha value is -2.27. The van der Waals surface area contributed by atoms with Gasteiger partial charge in [-0.1, -0.05) is 30.3 Å². The standard InChI is InChI=1S/C14H14N4S/c1-10-12(11-5-3-2-4-6-11)7-8-16-13(10)9-17-18-14(15)19/h2-9H,1H3,(H3,15,18,19)/b17-9+. The Labute approximate surface area is 117 Å². The lowest BCUT2D eigenvalue weighted by Gasteiger charge is -2.07. The number of pyridine rings is 1. The average molecular weight is 270 g/mol. The highest BCUT2D eigenvalue weighted by Gasteiger charge is 2.05. The fourth-order valence-electron chi connectivity index (χ4n) is 1.77. The summed E-state index contributed by atoms with van der Waals surface area (Å²) in [5, 5.41) is 4.07. The van der Waals surface area contributed by atoms with Gasteiger partial charge >= 0.3 is 0 Å². The number of nitrogens with zero attached hydrogens (tertiary/aromatic N) is 2. The molecular formula is C14H14N4S. The van der Waals surface area contributed by atoms with Gasteiger partial charge in [0.25, 0.3) is 0 Å². The van der Waals surface area contributed by atoms with Crippen molar-refractivity contribution in [2.45, 2.75) is 6.92 Å². The van der Waals surface area contributed by atoms with Gasteiger partial charge in [-0.15, -0.1) is 0 Å². The summed E-state index contributed by atoms with van der Waals surface area (Å²) in [7, 11) is 0. The van der Waals surface area contributed by atoms with Crippen LogP contribution in [0.25, 0.3) is 11.1 Å². The smallest absolute Gasteiger partial charge is 0.184 e. The summed E-state index contributed by atoms with van der Waals surface area (Å²) in [6, 6.07) is 12.1. The maximum atomic E-state index is 5.30. The molecule has 0 aliphatic rings. The fourth-order valence-corrected chi connectivity index (χ4v) is 1.82. The number of hydrogen-bond acceptors (Lipinski definition) is 3. The predicted octanol–water partition coefficient (Wildman–Crippen LogP) is 2.22. The molecule has 0 saturated heterocycles. The van der Waals surface area contributed by atoms with Crippen molar-refractivity contribution in [2.75, 3.05) is 0 Å². The predicted molar refractivity (Wildman–Crippen MR) is 81.9 cm³/mol. The van der Waals surface area contributed by atoms with Crippen molar-refractivity contribution >= 4 is 23.5 Å². The van der Waals surface area contributed by atoms with Crippen LogP contribution in [0.15, 0.2) is 47.7 Å². The van der Waals surface area contributed by atoms with E-state index in [0.29, 0.717) is 0 Å². The van der Waals surface area contributed by atoms with Gasteiger partial charge in [-0.05, 0) is 41.9 Å². The first-order valence-electron chi connectivity index (χ1n) is 5.78. The summed E-state index contributed by atoms with van der Waals surface area (Å²) in [6.45, 7) is 2.01. The number of benzene rings is 1. The summed E-state index contributed by atoms with van der Waals surface area (Å²) in [5.74, 6) is 0. The third kappa shape index (κ3) is 3.35. The van der Waals surface area contributed by atoms with Gasteiger partial charge in [-0.25, -0.2) is 0 Å². The molecule has 1 heterocycles. The second kappa shape index (κ2) is 6.06. The Kier molecular flexibility index (Phi) is 4.20. The Morgan fingerprint density at radius 1 is 1.32 bits per heavy atom. The Balaban J connectivity index is 2.33. The molecule has 1 aromatic carbocycles. The number of nitrogens with two attached hydrogens (primary N) is 1. The minimum Gasteiger partial charge on any atom is -0.375 e. The molecule has 0 saturated carbocycles. The van der Waals surface area contributed by atoms with Crippen molar-refractivity contribution in [1.82, 2.24) is 10.4 Å². The molecule has 0 amide bonds. The van der Waals surface area contributed by atoms with E-state index in [1.807, 2.05) is 31.2 Å². The summed E-state index contributed by atoms with van der Waals surface area (Å²) < 4.78 is 0. The number of hydrazone groups is 1. The summed E-state index contributed by atoms with van der Waals surface area (Å²) in [6.07, 6.45) is 3.37. The van der Waals surface area contributed by atoms with E-state index >= 15 is 0 Å². The lowest BCUT2D eigenvalue weighted by Crippen LogP contribution is -2.24. The molecule has 0 unspecified atom stereocenters. The molecule has 96 valence electrons. The van der Waals surface area contributed by atoms with Crippen molar-refractivity contribution < 1.29 is 0 Å². The number of hydrogen-bond donors (Lipinski definition) is 2. The minimum absolute atomic E-state index is 0.133. The van der Waals surface area contributed by atoms with Crippen LogP contribution >= 0.6 is 12.2 Å². The maximum Gasteiger partial charge on any atom is 0.184 e. The SMILES string of the molecule is Cc1c(-c2ccccc2)ccnc1/C=N/NC(N)=S. The first-order chi connectivity index (χ1) is 9.18. The number of thiocarbonyl (C=S) groups is 1. The Morgan fingerprint density at radius 3 is 2.74 bits per heavy atom. The van der Waals surface area contributed by atoms with E-state index in [1.54, 1.807) is 12.4 Å². The van der Waals surface area contributed by atoms with Crippen molar-refractivity contribution in [2.24, 2.45) is 10.8 Å². The van der Waals surface area contributed by atoms with Gasteiger partial charge in [0.15, 0.2) is 5.11 Å². The molecular weight excluding hydrogens is 256 g/mol. The van der Waals surface area contributed by atoms with Crippen molar-refractivity contribution in [3.8, 4) is 11.1 Å². The quantitative estimate of drug-likeness (QED) is 0.510. The van der Waals surface area contributed by atoms with Gasteiger partial charge in [0, 0.05) is 6.20 Å². The molecule has 2 aromatic rings. The molecule has 3 N–H and O–H groups in total. The van der Waals surface area contributed by atoms with Gasteiger partial charge in [0.1, 0.15) is 0 Å². The monoisotopic (exact) mass is 270 g/mol. The molecule has 2 rings (SSSR count). The second-order valence-corrected chi connectivity index (χ2v) is 4.41. The van der Waals surface area contributed by atoms with Gasteiger partial charge in [-0.2, -0.15) is 5.10 Å². The number of nitrogens with one attached hydrogen (secondary N) is 1. The van der Waals surface area contributed by atoms with Crippen LogP contribution < -0.4 is 11.2 Å². The van der Waals surface area contributed by atoms with Gasteiger partial charge in [0.2, 0.25) is 0 Å². The van der Waals surface area contributed by atoms with Crippen LogP contribution in [0.1, 0.15) is 11.3 Å². The molecule has 0 atom stereocenters. The first kappa shape index (κ1) is 13.2. The summed E-state index contributed by atoms with van der Waals surface area (Å²) in [5.41, 5.74) is 11.9. The zero-order valence-electron chi connectivity index (χ0n) is 10.5. The number of rotatable bonds is 3. The molecule has 5 heteroatoms. The average Bonchev–Trinajstić information content (AvgIpc) is 2.41. The van der Waals surface area contributed by atoms with Crippen LogP contribution in [0.4, 0.5) is 0 Å². The topological polar surface area (TPSA) is 63.3 Å². The molecule has 0 spiro atoms. The van der Waals surface area contributed by atoms with E-state index in [4.69, 9.17) is 5.73 Å².